The number of nitrogens with zero attached hydrogens (tertiary/aromatic N) is 2. The van der Waals surface area contributed by atoms with Crippen molar-refractivity contribution in [3.63, 3.8) is 0 Å². The molecule has 0 radical (unpaired) electrons. The Balaban J connectivity index is 1.50. The van der Waals surface area contributed by atoms with Crippen LogP contribution >= 0.6 is 0 Å². The molecule has 1 aliphatic carbocycles. The van der Waals surface area contributed by atoms with Crippen molar-refractivity contribution in [1.29, 1.82) is 0 Å². The first-order valence-electron chi connectivity index (χ1n) is 10.5. The number of phenolic OH excluding ortho intramolecular Hbond substituents is 1. The first kappa shape index (κ1) is 17.5. The Morgan fingerprint density at radius 3 is 2.67 bits per heavy atom. The number of rotatable bonds is 4. The second kappa shape index (κ2) is 6.49. The van der Waals surface area contributed by atoms with E-state index >= 15 is 0 Å². The van der Waals surface area contributed by atoms with Crippen molar-refractivity contribution in [2.24, 2.45) is 11.3 Å². The number of phenols is 1. The molecule has 1 saturated carbocycles. The van der Waals surface area contributed by atoms with Crippen LogP contribution in [0.3, 0.4) is 0 Å². The molecule has 4 saturated heterocycles. The highest BCUT2D eigenvalue weighted by molar-refractivity contribution is 5.85. The third-order valence-electron chi connectivity index (χ3n) is 7.74. The van der Waals surface area contributed by atoms with E-state index in [0.717, 1.165) is 38.9 Å². The molecule has 3 atom stereocenters. The number of fused-ring (bicyclic) bond motifs is 2. The zero-order chi connectivity index (χ0) is 18.6. The first-order valence-corrected chi connectivity index (χ1v) is 10.5. The number of hydrogen-bond acceptors (Lipinski definition) is 4. The predicted molar refractivity (Wildman–Crippen MR) is 103 cm³/mol. The molecule has 0 unspecified atom stereocenters. The molecule has 146 valence electrons. The van der Waals surface area contributed by atoms with Crippen LogP contribution in [-0.4, -0.2) is 66.2 Å². The average Bonchev–Trinajstić information content (AvgIpc) is 3.08. The second-order valence-corrected chi connectivity index (χ2v) is 9.08. The summed E-state index contributed by atoms with van der Waals surface area (Å²) in [7, 11) is 1.71. The molecule has 5 aliphatic rings. The summed E-state index contributed by atoms with van der Waals surface area (Å²) >= 11 is 0. The lowest BCUT2D eigenvalue weighted by molar-refractivity contribution is -0.156. The van der Waals surface area contributed by atoms with E-state index in [1.165, 1.54) is 18.4 Å². The van der Waals surface area contributed by atoms with Gasteiger partial charge in [-0.2, -0.15) is 0 Å². The van der Waals surface area contributed by atoms with Gasteiger partial charge < -0.3 is 14.7 Å². The normalized spacial score (nSPS) is 36.3. The summed E-state index contributed by atoms with van der Waals surface area (Å²) < 4.78 is 5.46. The van der Waals surface area contributed by atoms with Crippen molar-refractivity contribution in [3.8, 4) is 5.75 Å². The van der Waals surface area contributed by atoms with E-state index in [9.17, 15) is 9.90 Å². The minimum absolute atomic E-state index is 0.286. The lowest BCUT2D eigenvalue weighted by atomic mass is 9.67. The molecule has 0 aromatic heterocycles. The monoisotopic (exact) mass is 370 g/mol. The molecule has 4 aliphatic heterocycles. The molecular weight excluding hydrogens is 340 g/mol. The van der Waals surface area contributed by atoms with Crippen molar-refractivity contribution < 1.29 is 14.6 Å². The standard InChI is InChI=1S/C22H30N2O3/c1-27-14-22(8-3-9-22)21(26)24-13-18(16-4-2-5-17(25)12-16)20-19(24)15-6-10-23(20)11-7-15/h2,4-5,12,15,18-20,25H,3,6-11,13-14H2,1H3/t18-,19+,20+/m1/s1. The van der Waals surface area contributed by atoms with Crippen LogP contribution in [0.25, 0.3) is 0 Å². The lowest BCUT2D eigenvalue weighted by Crippen LogP contribution is -2.62. The van der Waals surface area contributed by atoms with Gasteiger partial charge in [0.2, 0.25) is 5.91 Å². The van der Waals surface area contributed by atoms with Gasteiger partial charge in [-0.25, -0.2) is 0 Å². The van der Waals surface area contributed by atoms with Crippen molar-refractivity contribution in [1.82, 2.24) is 9.80 Å². The van der Waals surface area contributed by atoms with Crippen molar-refractivity contribution in [3.05, 3.63) is 29.8 Å². The minimum Gasteiger partial charge on any atom is -0.508 e. The van der Waals surface area contributed by atoms with Gasteiger partial charge in [0.05, 0.1) is 18.1 Å². The SMILES string of the molecule is COCC1(C(=O)N2C[C@H](c3cccc(O)c3)[C@H]3[C@@H]2C2CCN3CC2)CCC1. The van der Waals surface area contributed by atoms with Crippen LogP contribution in [0.2, 0.25) is 0 Å². The van der Waals surface area contributed by atoms with Gasteiger partial charge in [-0.15, -0.1) is 0 Å². The van der Waals surface area contributed by atoms with Gasteiger partial charge >= 0.3 is 0 Å². The number of amides is 1. The zero-order valence-corrected chi connectivity index (χ0v) is 16.1. The number of piperidine rings is 3. The van der Waals surface area contributed by atoms with Gasteiger partial charge in [0, 0.05) is 25.6 Å². The summed E-state index contributed by atoms with van der Waals surface area (Å²) in [5.74, 6) is 1.54. The average molecular weight is 370 g/mol. The summed E-state index contributed by atoms with van der Waals surface area (Å²) in [4.78, 5) is 18.5. The molecule has 27 heavy (non-hydrogen) atoms. The van der Waals surface area contributed by atoms with E-state index < -0.39 is 0 Å². The van der Waals surface area contributed by atoms with Gasteiger partial charge in [-0.1, -0.05) is 18.6 Å². The van der Waals surface area contributed by atoms with Gasteiger partial charge in [-0.05, 0) is 62.4 Å². The molecule has 1 aromatic carbocycles. The smallest absolute Gasteiger partial charge is 0.231 e. The number of ether oxygens (including phenoxy) is 1. The van der Waals surface area contributed by atoms with Gasteiger partial charge in [0.15, 0.2) is 0 Å². The van der Waals surface area contributed by atoms with Crippen molar-refractivity contribution in [2.75, 3.05) is 33.4 Å². The number of carbonyl (C=O) groups is 1. The largest absolute Gasteiger partial charge is 0.508 e. The van der Waals surface area contributed by atoms with E-state index in [1.54, 1.807) is 13.2 Å². The Hall–Kier alpha value is -1.59. The minimum atomic E-state index is -0.293. The number of likely N-dealkylation sites (tertiary alicyclic amines) is 1. The van der Waals surface area contributed by atoms with Crippen LogP contribution < -0.4 is 0 Å². The highest BCUT2D eigenvalue weighted by Crippen LogP contribution is 2.50. The summed E-state index contributed by atoms with van der Waals surface area (Å²) in [6.45, 7) is 3.61. The fraction of sp³-hybridized carbons (Fsp3) is 0.682. The summed E-state index contributed by atoms with van der Waals surface area (Å²) in [6.07, 6.45) is 5.45. The molecule has 0 spiro atoms. The van der Waals surface area contributed by atoms with Gasteiger partial charge in [0.1, 0.15) is 5.75 Å². The van der Waals surface area contributed by atoms with Gasteiger partial charge in [0.25, 0.3) is 0 Å². The van der Waals surface area contributed by atoms with Crippen LogP contribution in [-0.2, 0) is 9.53 Å². The maximum atomic E-state index is 13.7. The van der Waals surface area contributed by atoms with Crippen LogP contribution in [0.15, 0.2) is 24.3 Å². The van der Waals surface area contributed by atoms with Crippen LogP contribution in [0.5, 0.6) is 5.75 Å². The van der Waals surface area contributed by atoms with Gasteiger partial charge in [-0.3, -0.25) is 9.69 Å². The molecule has 1 aromatic rings. The maximum absolute atomic E-state index is 13.7. The van der Waals surface area contributed by atoms with Crippen molar-refractivity contribution >= 4 is 5.91 Å². The predicted octanol–water partition coefficient (Wildman–Crippen LogP) is 2.60. The number of hydrogen-bond donors (Lipinski definition) is 1. The third kappa shape index (κ3) is 2.62. The van der Waals surface area contributed by atoms with E-state index in [0.29, 0.717) is 36.3 Å². The number of methoxy groups -OCH3 is 1. The first-order chi connectivity index (χ1) is 13.1. The highest BCUT2D eigenvalue weighted by Gasteiger charge is 2.58. The van der Waals surface area contributed by atoms with E-state index in [4.69, 9.17) is 4.74 Å². The summed E-state index contributed by atoms with van der Waals surface area (Å²) in [5, 5.41) is 10.0. The molecule has 6 rings (SSSR count). The number of aromatic hydroxyl groups is 1. The Bertz CT molecular complexity index is 724. The molecule has 5 fully saturated rings. The van der Waals surface area contributed by atoms with E-state index in [-0.39, 0.29) is 11.3 Å². The topological polar surface area (TPSA) is 53.0 Å². The zero-order valence-electron chi connectivity index (χ0n) is 16.1. The molecule has 5 heteroatoms. The third-order valence-corrected chi connectivity index (χ3v) is 7.74. The molecular formula is C22H30N2O3. The van der Waals surface area contributed by atoms with E-state index in [1.807, 2.05) is 12.1 Å². The Morgan fingerprint density at radius 2 is 2.04 bits per heavy atom. The van der Waals surface area contributed by atoms with Crippen LogP contribution in [0, 0.1) is 11.3 Å². The van der Waals surface area contributed by atoms with E-state index in [2.05, 4.69) is 15.9 Å². The second-order valence-electron chi connectivity index (χ2n) is 9.08. The quantitative estimate of drug-likeness (QED) is 0.885. The fourth-order valence-corrected chi connectivity index (χ4v) is 6.31. The van der Waals surface area contributed by atoms with Crippen molar-refractivity contribution in [2.45, 2.75) is 50.1 Å². The molecule has 5 nitrogen and oxygen atoms in total. The molecule has 1 N–H and O–H groups in total. The lowest BCUT2D eigenvalue weighted by Gasteiger charge is -2.52. The highest BCUT2D eigenvalue weighted by atomic mass is 16.5. The van der Waals surface area contributed by atoms with Crippen LogP contribution in [0.4, 0.5) is 0 Å². The summed E-state index contributed by atoms with van der Waals surface area (Å²) in [5.41, 5.74) is 0.876. The number of carbonyl (C=O) groups excluding carboxylic acids is 1. The van der Waals surface area contributed by atoms with Crippen LogP contribution in [0.1, 0.15) is 43.6 Å². The number of benzene rings is 1. The maximum Gasteiger partial charge on any atom is 0.231 e. The molecule has 4 heterocycles. The summed E-state index contributed by atoms with van der Waals surface area (Å²) in [6, 6.07) is 8.39. The molecule has 1 amide bonds. The Labute approximate surface area is 161 Å². The Kier molecular flexibility index (Phi) is 4.21. The fourth-order valence-electron chi connectivity index (χ4n) is 6.31. The Morgan fingerprint density at radius 1 is 1.26 bits per heavy atom. The molecule has 2 bridgehead atoms.